The second-order valence-electron chi connectivity index (χ2n) is 3.50. The number of nitrogens with one attached hydrogen (secondary N) is 1. The third-order valence-corrected chi connectivity index (χ3v) is 2.07. The quantitative estimate of drug-likeness (QED) is 0.543. The molecule has 5 nitrogen and oxygen atoms in total. The Kier molecular flexibility index (Phi) is 5.57. The molecule has 0 spiro atoms. The van der Waals surface area contributed by atoms with Crippen LogP contribution in [0.4, 0.5) is 5.69 Å². The lowest BCUT2D eigenvalue weighted by molar-refractivity contribution is -0.120. The number of carbonyl (C=O) groups is 1. The van der Waals surface area contributed by atoms with Crippen molar-refractivity contribution < 1.29 is 9.53 Å². The first-order valence-corrected chi connectivity index (χ1v) is 5.42. The van der Waals surface area contributed by atoms with Crippen molar-refractivity contribution in [1.29, 1.82) is 0 Å². The molecule has 92 valence electrons. The van der Waals surface area contributed by atoms with Gasteiger partial charge in [0.2, 0.25) is 5.91 Å². The summed E-state index contributed by atoms with van der Waals surface area (Å²) in [6, 6.07) is 3.48. The van der Waals surface area contributed by atoms with Gasteiger partial charge in [-0.2, -0.15) is 0 Å². The first-order valence-electron chi connectivity index (χ1n) is 5.42. The topological polar surface area (TPSA) is 77.2 Å². The number of nitrogens with two attached hydrogens (primary N) is 1. The van der Waals surface area contributed by atoms with Crippen molar-refractivity contribution in [2.24, 2.45) is 0 Å². The standard InChI is InChI=1S/C12H17N3O2/c1-2-17-7-3-6-14-12(16)8-11-5-4-10(13)9-15-11/h2,4-5,9H,1,3,6-8,13H2,(H,14,16). The molecule has 17 heavy (non-hydrogen) atoms. The third kappa shape index (κ3) is 5.55. The molecular formula is C12H17N3O2. The summed E-state index contributed by atoms with van der Waals surface area (Å²) >= 11 is 0. The highest BCUT2D eigenvalue weighted by Crippen LogP contribution is 2.01. The minimum atomic E-state index is -0.0547. The van der Waals surface area contributed by atoms with E-state index in [1.54, 1.807) is 18.3 Å². The fourth-order valence-electron chi connectivity index (χ4n) is 1.23. The molecule has 0 aromatic carbocycles. The van der Waals surface area contributed by atoms with E-state index in [1.807, 2.05) is 0 Å². The molecule has 3 N–H and O–H groups in total. The molecule has 0 unspecified atom stereocenters. The highest BCUT2D eigenvalue weighted by molar-refractivity contribution is 5.78. The van der Waals surface area contributed by atoms with Gasteiger partial charge in [-0.15, -0.1) is 0 Å². The van der Waals surface area contributed by atoms with Crippen LogP contribution >= 0.6 is 0 Å². The summed E-state index contributed by atoms with van der Waals surface area (Å²) in [5.41, 5.74) is 6.80. The largest absolute Gasteiger partial charge is 0.502 e. The van der Waals surface area contributed by atoms with Crippen LogP contribution in [0.3, 0.4) is 0 Å². The van der Waals surface area contributed by atoms with Gasteiger partial charge in [-0.25, -0.2) is 0 Å². The number of hydrogen-bond donors (Lipinski definition) is 2. The lowest BCUT2D eigenvalue weighted by Gasteiger charge is -2.05. The fraction of sp³-hybridized carbons (Fsp3) is 0.333. The summed E-state index contributed by atoms with van der Waals surface area (Å²) in [7, 11) is 0. The molecule has 0 fully saturated rings. The lowest BCUT2D eigenvalue weighted by atomic mass is 10.2. The highest BCUT2D eigenvalue weighted by Gasteiger charge is 2.03. The second kappa shape index (κ2) is 7.27. The highest BCUT2D eigenvalue weighted by atomic mass is 16.5. The number of hydrogen-bond acceptors (Lipinski definition) is 4. The van der Waals surface area contributed by atoms with E-state index in [0.29, 0.717) is 24.5 Å². The van der Waals surface area contributed by atoms with Crippen LogP contribution < -0.4 is 11.1 Å². The summed E-state index contributed by atoms with van der Waals surface area (Å²) in [5.74, 6) is -0.0547. The predicted molar refractivity (Wildman–Crippen MR) is 66.1 cm³/mol. The Hall–Kier alpha value is -2.04. The van der Waals surface area contributed by atoms with Crippen molar-refractivity contribution in [3.63, 3.8) is 0 Å². The van der Waals surface area contributed by atoms with Crippen molar-refractivity contribution >= 4 is 11.6 Å². The number of carbonyl (C=O) groups excluding carboxylic acids is 1. The Labute approximate surface area is 101 Å². The van der Waals surface area contributed by atoms with Gasteiger partial charge in [-0.05, 0) is 18.6 Å². The average Bonchev–Trinajstić information content (AvgIpc) is 2.32. The first kappa shape index (κ1) is 13.0. The SMILES string of the molecule is C=COCCCNC(=O)Cc1ccc(N)cn1. The number of amides is 1. The molecule has 0 aliphatic rings. The van der Waals surface area contributed by atoms with Crippen molar-refractivity contribution in [2.45, 2.75) is 12.8 Å². The van der Waals surface area contributed by atoms with Crippen LogP contribution in [-0.4, -0.2) is 24.0 Å². The zero-order valence-corrected chi connectivity index (χ0v) is 9.69. The maximum Gasteiger partial charge on any atom is 0.226 e. The molecule has 0 bridgehead atoms. The van der Waals surface area contributed by atoms with Gasteiger partial charge >= 0.3 is 0 Å². The summed E-state index contributed by atoms with van der Waals surface area (Å²) in [5, 5.41) is 2.78. The number of nitrogens with zero attached hydrogens (tertiary/aromatic N) is 1. The van der Waals surface area contributed by atoms with E-state index in [1.165, 1.54) is 6.26 Å². The van der Waals surface area contributed by atoms with Crippen molar-refractivity contribution in [3.05, 3.63) is 36.9 Å². The van der Waals surface area contributed by atoms with Gasteiger partial charge < -0.3 is 15.8 Å². The Morgan fingerprint density at radius 3 is 3.06 bits per heavy atom. The van der Waals surface area contributed by atoms with Crippen LogP contribution in [0.25, 0.3) is 0 Å². The molecule has 1 heterocycles. The molecule has 1 amide bonds. The van der Waals surface area contributed by atoms with Crippen LogP contribution in [0.2, 0.25) is 0 Å². The van der Waals surface area contributed by atoms with Crippen LogP contribution in [0.1, 0.15) is 12.1 Å². The van der Waals surface area contributed by atoms with Crippen LogP contribution in [0.5, 0.6) is 0 Å². The van der Waals surface area contributed by atoms with Gasteiger partial charge in [0.15, 0.2) is 0 Å². The number of anilines is 1. The Morgan fingerprint density at radius 2 is 2.41 bits per heavy atom. The molecule has 0 aliphatic carbocycles. The summed E-state index contributed by atoms with van der Waals surface area (Å²) in [4.78, 5) is 15.5. The monoisotopic (exact) mass is 235 g/mol. The van der Waals surface area contributed by atoms with Crippen LogP contribution in [0.15, 0.2) is 31.2 Å². The van der Waals surface area contributed by atoms with E-state index < -0.39 is 0 Å². The first-order chi connectivity index (χ1) is 8.22. The third-order valence-electron chi connectivity index (χ3n) is 2.07. The zero-order valence-electron chi connectivity index (χ0n) is 9.69. The van der Waals surface area contributed by atoms with Crippen LogP contribution in [0, 0.1) is 0 Å². The molecule has 0 saturated carbocycles. The maximum atomic E-state index is 11.5. The molecule has 0 radical (unpaired) electrons. The van der Waals surface area contributed by atoms with E-state index in [9.17, 15) is 4.79 Å². The Bertz CT molecular complexity index is 363. The molecular weight excluding hydrogens is 218 g/mol. The normalized spacial score (nSPS) is 9.65. The molecule has 1 aromatic heterocycles. The lowest BCUT2D eigenvalue weighted by Crippen LogP contribution is -2.27. The Morgan fingerprint density at radius 1 is 1.59 bits per heavy atom. The van der Waals surface area contributed by atoms with E-state index in [-0.39, 0.29) is 12.3 Å². The molecule has 5 heteroatoms. The molecule has 0 atom stereocenters. The van der Waals surface area contributed by atoms with E-state index >= 15 is 0 Å². The van der Waals surface area contributed by atoms with Crippen molar-refractivity contribution in [2.75, 3.05) is 18.9 Å². The number of aromatic nitrogens is 1. The minimum absolute atomic E-state index is 0.0547. The summed E-state index contributed by atoms with van der Waals surface area (Å²) < 4.78 is 4.93. The predicted octanol–water partition coefficient (Wildman–Crippen LogP) is 0.873. The number of ether oxygens (including phenoxy) is 1. The number of nitrogen functional groups attached to an aromatic ring is 1. The maximum absolute atomic E-state index is 11.5. The molecule has 1 aromatic rings. The van der Waals surface area contributed by atoms with E-state index in [0.717, 1.165) is 6.42 Å². The van der Waals surface area contributed by atoms with Crippen molar-refractivity contribution in [3.8, 4) is 0 Å². The van der Waals surface area contributed by atoms with Gasteiger partial charge in [0, 0.05) is 12.2 Å². The summed E-state index contributed by atoms with van der Waals surface area (Å²) in [6.45, 7) is 4.57. The smallest absolute Gasteiger partial charge is 0.226 e. The Balaban J connectivity index is 2.20. The molecule has 0 aliphatic heterocycles. The minimum Gasteiger partial charge on any atom is -0.502 e. The second-order valence-corrected chi connectivity index (χ2v) is 3.50. The van der Waals surface area contributed by atoms with Gasteiger partial charge in [-0.1, -0.05) is 6.58 Å². The average molecular weight is 235 g/mol. The van der Waals surface area contributed by atoms with Crippen LogP contribution in [-0.2, 0) is 16.0 Å². The van der Waals surface area contributed by atoms with Gasteiger partial charge in [-0.3, -0.25) is 9.78 Å². The fourth-order valence-corrected chi connectivity index (χ4v) is 1.23. The van der Waals surface area contributed by atoms with Crippen molar-refractivity contribution in [1.82, 2.24) is 10.3 Å². The van der Waals surface area contributed by atoms with E-state index in [2.05, 4.69) is 16.9 Å². The zero-order chi connectivity index (χ0) is 12.5. The summed E-state index contributed by atoms with van der Waals surface area (Å²) in [6.07, 6.45) is 3.95. The molecule has 1 rings (SSSR count). The van der Waals surface area contributed by atoms with Gasteiger partial charge in [0.1, 0.15) is 0 Å². The number of rotatable bonds is 7. The number of pyridine rings is 1. The van der Waals surface area contributed by atoms with Gasteiger partial charge in [0.05, 0.1) is 31.2 Å². The van der Waals surface area contributed by atoms with Gasteiger partial charge in [0.25, 0.3) is 0 Å². The molecule has 0 saturated heterocycles. The van der Waals surface area contributed by atoms with E-state index in [4.69, 9.17) is 10.5 Å².